The molecular formula is C16H26N2O. The van der Waals surface area contributed by atoms with E-state index in [2.05, 4.69) is 36.5 Å². The van der Waals surface area contributed by atoms with Crippen molar-refractivity contribution in [2.45, 2.75) is 52.0 Å². The number of aryl methyl sites for hydroxylation is 1. The summed E-state index contributed by atoms with van der Waals surface area (Å²) in [5.74, 6) is 0.146. The highest BCUT2D eigenvalue weighted by Gasteiger charge is 2.01. The molecule has 3 nitrogen and oxygen atoms in total. The van der Waals surface area contributed by atoms with Crippen LogP contribution in [0.1, 0.15) is 50.2 Å². The molecule has 0 radical (unpaired) electrons. The van der Waals surface area contributed by atoms with Gasteiger partial charge < -0.3 is 11.1 Å². The number of carbonyl (C=O) groups excluding carboxylic acids is 1. The Kier molecular flexibility index (Phi) is 7.91. The van der Waals surface area contributed by atoms with Crippen molar-refractivity contribution in [2.75, 3.05) is 6.54 Å². The molecule has 0 atom stereocenters. The minimum Gasteiger partial charge on any atom is -0.352 e. The topological polar surface area (TPSA) is 55.1 Å². The summed E-state index contributed by atoms with van der Waals surface area (Å²) in [6.45, 7) is 3.52. The van der Waals surface area contributed by atoms with E-state index in [-0.39, 0.29) is 5.91 Å². The average molecular weight is 262 g/mol. The summed E-state index contributed by atoms with van der Waals surface area (Å²) >= 11 is 0. The van der Waals surface area contributed by atoms with E-state index in [0.717, 1.165) is 44.2 Å². The van der Waals surface area contributed by atoms with E-state index in [4.69, 9.17) is 5.73 Å². The lowest BCUT2D eigenvalue weighted by Crippen LogP contribution is -2.22. The third-order valence-corrected chi connectivity index (χ3v) is 3.28. The first-order valence-corrected chi connectivity index (χ1v) is 7.31. The molecule has 0 unspecified atom stereocenters. The van der Waals surface area contributed by atoms with Crippen molar-refractivity contribution in [1.29, 1.82) is 0 Å². The summed E-state index contributed by atoms with van der Waals surface area (Å²) in [5.41, 5.74) is 7.91. The maximum atomic E-state index is 11.6. The first-order chi connectivity index (χ1) is 9.26. The summed E-state index contributed by atoms with van der Waals surface area (Å²) < 4.78 is 0. The maximum absolute atomic E-state index is 11.6. The Hall–Kier alpha value is -1.35. The van der Waals surface area contributed by atoms with Crippen molar-refractivity contribution >= 4 is 5.91 Å². The van der Waals surface area contributed by atoms with Crippen LogP contribution in [0.5, 0.6) is 0 Å². The number of hydrogen-bond donors (Lipinski definition) is 2. The van der Waals surface area contributed by atoms with E-state index < -0.39 is 0 Å². The molecule has 3 N–H and O–H groups in total. The zero-order valence-electron chi connectivity index (χ0n) is 12.0. The van der Waals surface area contributed by atoms with Gasteiger partial charge in [-0.3, -0.25) is 4.79 Å². The van der Waals surface area contributed by atoms with Crippen LogP contribution in [0.2, 0.25) is 0 Å². The molecule has 19 heavy (non-hydrogen) atoms. The van der Waals surface area contributed by atoms with Crippen LogP contribution in [-0.2, 0) is 17.8 Å². The summed E-state index contributed by atoms with van der Waals surface area (Å²) in [5, 5.41) is 2.96. The van der Waals surface area contributed by atoms with Gasteiger partial charge in [0.15, 0.2) is 0 Å². The Morgan fingerprint density at radius 1 is 1.05 bits per heavy atom. The van der Waals surface area contributed by atoms with Crippen molar-refractivity contribution in [3.05, 3.63) is 35.4 Å². The molecule has 0 spiro atoms. The van der Waals surface area contributed by atoms with Gasteiger partial charge in [0.25, 0.3) is 0 Å². The molecule has 0 saturated heterocycles. The van der Waals surface area contributed by atoms with E-state index in [1.165, 1.54) is 5.56 Å². The predicted octanol–water partition coefficient (Wildman–Crippen LogP) is 2.77. The second kappa shape index (κ2) is 9.56. The summed E-state index contributed by atoms with van der Waals surface area (Å²) in [7, 11) is 0. The predicted molar refractivity (Wildman–Crippen MR) is 79.8 cm³/mol. The number of nitrogens with one attached hydrogen (secondary N) is 1. The summed E-state index contributed by atoms with van der Waals surface area (Å²) in [4.78, 5) is 11.6. The van der Waals surface area contributed by atoms with Gasteiger partial charge in [-0.05, 0) is 36.9 Å². The van der Waals surface area contributed by atoms with Gasteiger partial charge in [-0.2, -0.15) is 0 Å². The Morgan fingerprint density at radius 3 is 2.32 bits per heavy atom. The second-order valence-corrected chi connectivity index (χ2v) is 4.90. The quantitative estimate of drug-likeness (QED) is 0.672. The second-order valence-electron chi connectivity index (χ2n) is 4.90. The van der Waals surface area contributed by atoms with E-state index in [1.807, 2.05) is 0 Å². The van der Waals surface area contributed by atoms with E-state index >= 15 is 0 Å². The lowest BCUT2D eigenvalue weighted by molar-refractivity contribution is -0.121. The Balaban J connectivity index is 2.15. The first kappa shape index (κ1) is 15.7. The van der Waals surface area contributed by atoms with Gasteiger partial charge in [-0.1, -0.05) is 44.0 Å². The number of unbranched alkanes of at least 4 members (excludes halogenated alkanes) is 3. The molecule has 106 valence electrons. The van der Waals surface area contributed by atoms with Crippen molar-refractivity contribution in [2.24, 2.45) is 5.73 Å². The first-order valence-electron chi connectivity index (χ1n) is 7.31. The van der Waals surface area contributed by atoms with Gasteiger partial charge in [-0.25, -0.2) is 0 Å². The highest BCUT2D eigenvalue weighted by Crippen LogP contribution is 2.05. The molecule has 0 aliphatic rings. The normalized spacial score (nSPS) is 10.4. The van der Waals surface area contributed by atoms with Crippen LogP contribution >= 0.6 is 0 Å². The van der Waals surface area contributed by atoms with Crippen LogP contribution in [-0.4, -0.2) is 12.5 Å². The molecule has 1 rings (SSSR count). The monoisotopic (exact) mass is 262 g/mol. The number of carbonyl (C=O) groups is 1. The SMILES string of the molecule is CCc1ccc(CNC(=O)CCCCCCN)cc1. The third kappa shape index (κ3) is 6.97. The molecule has 3 heteroatoms. The smallest absolute Gasteiger partial charge is 0.220 e. The number of benzene rings is 1. The van der Waals surface area contributed by atoms with E-state index in [1.54, 1.807) is 0 Å². The van der Waals surface area contributed by atoms with Gasteiger partial charge in [0.05, 0.1) is 0 Å². The third-order valence-electron chi connectivity index (χ3n) is 3.28. The molecule has 0 heterocycles. The van der Waals surface area contributed by atoms with Crippen molar-refractivity contribution in [3.63, 3.8) is 0 Å². The van der Waals surface area contributed by atoms with Gasteiger partial charge in [0, 0.05) is 13.0 Å². The highest BCUT2D eigenvalue weighted by atomic mass is 16.1. The van der Waals surface area contributed by atoms with Gasteiger partial charge >= 0.3 is 0 Å². The molecule has 1 amide bonds. The molecule has 0 bridgehead atoms. The molecular weight excluding hydrogens is 236 g/mol. The lowest BCUT2D eigenvalue weighted by atomic mass is 10.1. The molecule has 1 aromatic rings. The van der Waals surface area contributed by atoms with Gasteiger partial charge in [0.2, 0.25) is 5.91 Å². The van der Waals surface area contributed by atoms with Crippen LogP contribution in [0, 0.1) is 0 Å². The number of rotatable bonds is 9. The zero-order valence-corrected chi connectivity index (χ0v) is 12.0. The number of hydrogen-bond acceptors (Lipinski definition) is 2. The van der Waals surface area contributed by atoms with Crippen molar-refractivity contribution < 1.29 is 4.79 Å². The Bertz CT molecular complexity index is 360. The van der Waals surface area contributed by atoms with Gasteiger partial charge in [-0.15, -0.1) is 0 Å². The summed E-state index contributed by atoms with van der Waals surface area (Å²) in [6.07, 6.45) is 5.91. The minimum absolute atomic E-state index is 0.146. The molecule has 0 aliphatic carbocycles. The maximum Gasteiger partial charge on any atom is 0.220 e. The standard InChI is InChI=1S/C16H26N2O/c1-2-14-8-10-15(11-9-14)13-18-16(19)7-5-3-4-6-12-17/h8-11H,2-7,12-13,17H2,1H3,(H,18,19). The average Bonchev–Trinajstić information content (AvgIpc) is 2.45. The Morgan fingerprint density at radius 2 is 1.68 bits per heavy atom. The fourth-order valence-electron chi connectivity index (χ4n) is 1.97. The highest BCUT2D eigenvalue weighted by molar-refractivity contribution is 5.75. The summed E-state index contributed by atoms with van der Waals surface area (Å²) in [6, 6.07) is 8.41. The van der Waals surface area contributed by atoms with Crippen LogP contribution in [0.4, 0.5) is 0 Å². The lowest BCUT2D eigenvalue weighted by Gasteiger charge is -2.06. The number of amides is 1. The van der Waals surface area contributed by atoms with Crippen LogP contribution in [0.15, 0.2) is 24.3 Å². The molecule has 0 fully saturated rings. The van der Waals surface area contributed by atoms with E-state index in [9.17, 15) is 4.79 Å². The fourth-order valence-corrected chi connectivity index (χ4v) is 1.97. The van der Waals surface area contributed by atoms with E-state index in [0.29, 0.717) is 13.0 Å². The minimum atomic E-state index is 0.146. The fraction of sp³-hybridized carbons (Fsp3) is 0.562. The van der Waals surface area contributed by atoms with Gasteiger partial charge in [0.1, 0.15) is 0 Å². The molecule has 1 aromatic carbocycles. The van der Waals surface area contributed by atoms with Crippen LogP contribution in [0.3, 0.4) is 0 Å². The molecule has 0 aliphatic heterocycles. The molecule has 0 saturated carbocycles. The van der Waals surface area contributed by atoms with Crippen LogP contribution in [0.25, 0.3) is 0 Å². The molecule has 0 aromatic heterocycles. The van der Waals surface area contributed by atoms with Crippen LogP contribution < -0.4 is 11.1 Å². The van der Waals surface area contributed by atoms with Crippen molar-refractivity contribution in [3.8, 4) is 0 Å². The Labute approximate surface area is 116 Å². The largest absolute Gasteiger partial charge is 0.352 e. The number of nitrogens with two attached hydrogens (primary N) is 1. The zero-order chi connectivity index (χ0) is 13.9. The van der Waals surface area contributed by atoms with Crippen molar-refractivity contribution in [1.82, 2.24) is 5.32 Å².